The molecule has 0 saturated carbocycles. The minimum absolute atomic E-state index is 0.149. The van der Waals surface area contributed by atoms with Gasteiger partial charge in [-0.3, -0.25) is 20.4 Å². The third-order valence-electron chi connectivity index (χ3n) is 3.71. The number of rotatable bonds is 8. The van der Waals surface area contributed by atoms with Crippen molar-refractivity contribution < 1.29 is 14.3 Å². The molecule has 5 heteroatoms. The van der Waals surface area contributed by atoms with Gasteiger partial charge in [0, 0.05) is 11.8 Å². The lowest BCUT2D eigenvalue weighted by atomic mass is 10.1. The first-order chi connectivity index (χ1) is 11.7. The fraction of sp³-hybridized carbons (Fsp3) is 0.368. The number of carbonyl (C=O) groups excluding carboxylic acids is 2. The molecule has 0 saturated heterocycles. The van der Waals surface area contributed by atoms with Gasteiger partial charge in [-0.1, -0.05) is 62.6 Å². The van der Waals surface area contributed by atoms with Crippen molar-refractivity contribution in [1.82, 2.24) is 10.9 Å². The molecule has 0 heterocycles. The van der Waals surface area contributed by atoms with Crippen molar-refractivity contribution in [1.29, 1.82) is 0 Å². The maximum absolute atomic E-state index is 11.8. The maximum Gasteiger partial charge on any atom is 0.276 e. The van der Waals surface area contributed by atoms with Gasteiger partial charge >= 0.3 is 0 Å². The highest BCUT2D eigenvalue weighted by molar-refractivity contribution is 5.89. The van der Waals surface area contributed by atoms with E-state index in [1.54, 1.807) is 0 Å². The third-order valence-corrected chi connectivity index (χ3v) is 3.71. The summed E-state index contributed by atoms with van der Waals surface area (Å²) >= 11 is 0. The van der Waals surface area contributed by atoms with Crippen LogP contribution in [0.15, 0.2) is 42.5 Å². The molecule has 0 aliphatic rings. The Balaban J connectivity index is 1.74. The van der Waals surface area contributed by atoms with E-state index >= 15 is 0 Å². The number of unbranched alkanes of at least 4 members (excludes halogenated alkanes) is 3. The van der Waals surface area contributed by atoms with Gasteiger partial charge in [-0.15, -0.1) is 0 Å². The van der Waals surface area contributed by atoms with Gasteiger partial charge in [0.05, 0.1) is 0 Å². The molecule has 2 aromatic carbocycles. The Morgan fingerprint density at radius 2 is 1.67 bits per heavy atom. The largest absolute Gasteiger partial charge is 0.483 e. The van der Waals surface area contributed by atoms with Crippen LogP contribution >= 0.6 is 0 Å². The normalized spacial score (nSPS) is 10.4. The van der Waals surface area contributed by atoms with Crippen molar-refractivity contribution in [3.63, 3.8) is 0 Å². The SMILES string of the molecule is CCCCCCC(=O)NNC(=O)COc1cccc2ccccc12. The Hall–Kier alpha value is -2.56. The Morgan fingerprint density at radius 3 is 2.50 bits per heavy atom. The molecule has 5 nitrogen and oxygen atoms in total. The number of ether oxygens (including phenoxy) is 1. The zero-order valence-electron chi connectivity index (χ0n) is 14.0. The molecular formula is C19H24N2O3. The van der Waals surface area contributed by atoms with E-state index in [0.29, 0.717) is 12.2 Å². The van der Waals surface area contributed by atoms with Crippen LogP contribution in [-0.2, 0) is 9.59 Å². The van der Waals surface area contributed by atoms with E-state index in [2.05, 4.69) is 17.8 Å². The van der Waals surface area contributed by atoms with E-state index in [9.17, 15) is 9.59 Å². The molecule has 0 fully saturated rings. The number of hydrazine groups is 1. The van der Waals surface area contributed by atoms with Crippen LogP contribution in [0.1, 0.15) is 39.0 Å². The minimum Gasteiger partial charge on any atom is -0.483 e. The van der Waals surface area contributed by atoms with Gasteiger partial charge in [-0.2, -0.15) is 0 Å². The van der Waals surface area contributed by atoms with E-state index in [0.717, 1.165) is 36.5 Å². The molecule has 2 amide bonds. The van der Waals surface area contributed by atoms with E-state index in [4.69, 9.17) is 4.74 Å². The molecule has 0 bridgehead atoms. The van der Waals surface area contributed by atoms with Crippen molar-refractivity contribution >= 4 is 22.6 Å². The Morgan fingerprint density at radius 1 is 0.917 bits per heavy atom. The standard InChI is InChI=1S/C19H24N2O3/c1-2-3-4-5-13-18(22)20-21-19(23)14-24-17-12-8-10-15-9-6-7-11-16(15)17/h6-12H,2-5,13-14H2,1H3,(H,20,22)(H,21,23). The van der Waals surface area contributed by atoms with Crippen LogP contribution in [0.2, 0.25) is 0 Å². The second-order valence-electron chi connectivity index (χ2n) is 5.67. The molecule has 2 N–H and O–H groups in total. The average Bonchev–Trinajstić information content (AvgIpc) is 2.61. The summed E-state index contributed by atoms with van der Waals surface area (Å²) in [5.74, 6) is 0.0867. The molecule has 0 radical (unpaired) electrons. The number of carbonyl (C=O) groups is 2. The van der Waals surface area contributed by atoms with Crippen molar-refractivity contribution in [2.75, 3.05) is 6.61 Å². The first-order valence-corrected chi connectivity index (χ1v) is 8.39. The van der Waals surface area contributed by atoms with Crippen molar-refractivity contribution in [2.45, 2.75) is 39.0 Å². The lowest BCUT2D eigenvalue weighted by Gasteiger charge is -2.10. The fourth-order valence-corrected chi connectivity index (χ4v) is 2.42. The van der Waals surface area contributed by atoms with Crippen LogP contribution < -0.4 is 15.6 Å². The molecule has 0 aliphatic carbocycles. The lowest BCUT2D eigenvalue weighted by molar-refractivity contribution is -0.130. The Kier molecular flexibility index (Phi) is 7.08. The monoisotopic (exact) mass is 328 g/mol. The van der Waals surface area contributed by atoms with Crippen molar-refractivity contribution in [3.05, 3.63) is 42.5 Å². The highest BCUT2D eigenvalue weighted by Crippen LogP contribution is 2.24. The first kappa shape index (κ1) is 17.8. The number of hydrogen-bond donors (Lipinski definition) is 2. The van der Waals surface area contributed by atoms with Gasteiger partial charge in [0.2, 0.25) is 5.91 Å². The molecule has 0 aliphatic heterocycles. The second kappa shape index (κ2) is 9.55. The molecule has 0 aromatic heterocycles. The molecular weight excluding hydrogens is 304 g/mol. The maximum atomic E-state index is 11.8. The van der Waals surface area contributed by atoms with E-state index in [1.165, 1.54) is 0 Å². The van der Waals surface area contributed by atoms with E-state index < -0.39 is 0 Å². The molecule has 0 atom stereocenters. The predicted molar refractivity (Wildman–Crippen MR) is 94.5 cm³/mol. The van der Waals surface area contributed by atoms with Gasteiger partial charge in [-0.25, -0.2) is 0 Å². The van der Waals surface area contributed by atoms with Crippen LogP contribution in [0, 0.1) is 0 Å². The highest BCUT2D eigenvalue weighted by Gasteiger charge is 2.07. The Bertz CT molecular complexity index is 680. The summed E-state index contributed by atoms with van der Waals surface area (Å²) in [5, 5.41) is 2.00. The molecule has 24 heavy (non-hydrogen) atoms. The zero-order chi connectivity index (χ0) is 17.2. The summed E-state index contributed by atoms with van der Waals surface area (Å²) in [6, 6.07) is 13.5. The molecule has 2 rings (SSSR count). The smallest absolute Gasteiger partial charge is 0.276 e. The summed E-state index contributed by atoms with van der Waals surface area (Å²) in [6.07, 6.45) is 4.54. The first-order valence-electron chi connectivity index (χ1n) is 8.39. The number of hydrogen-bond acceptors (Lipinski definition) is 3. The minimum atomic E-state index is -0.384. The topological polar surface area (TPSA) is 67.4 Å². The van der Waals surface area contributed by atoms with Gasteiger partial charge in [0.25, 0.3) is 5.91 Å². The summed E-state index contributed by atoms with van der Waals surface area (Å²) in [5.41, 5.74) is 4.79. The predicted octanol–water partition coefficient (Wildman–Crippen LogP) is 3.34. The van der Waals surface area contributed by atoms with Crippen LogP contribution in [0.25, 0.3) is 10.8 Å². The average molecular weight is 328 g/mol. The van der Waals surface area contributed by atoms with Gasteiger partial charge in [0.1, 0.15) is 5.75 Å². The summed E-state index contributed by atoms with van der Waals surface area (Å²) in [4.78, 5) is 23.4. The van der Waals surface area contributed by atoms with Crippen LogP contribution in [0.4, 0.5) is 0 Å². The number of benzene rings is 2. The quantitative estimate of drug-likeness (QED) is 0.577. The third kappa shape index (κ3) is 5.57. The lowest BCUT2D eigenvalue weighted by Crippen LogP contribution is -2.43. The van der Waals surface area contributed by atoms with Crippen LogP contribution in [0.3, 0.4) is 0 Å². The van der Waals surface area contributed by atoms with Gasteiger partial charge in [0.15, 0.2) is 6.61 Å². The van der Waals surface area contributed by atoms with Crippen LogP contribution in [-0.4, -0.2) is 18.4 Å². The second-order valence-corrected chi connectivity index (χ2v) is 5.67. The Labute approximate surface area is 142 Å². The van der Waals surface area contributed by atoms with Gasteiger partial charge in [-0.05, 0) is 17.9 Å². The molecule has 0 unspecified atom stereocenters. The van der Waals surface area contributed by atoms with E-state index in [-0.39, 0.29) is 18.4 Å². The van der Waals surface area contributed by atoms with Gasteiger partial charge < -0.3 is 4.74 Å². The molecule has 2 aromatic rings. The van der Waals surface area contributed by atoms with Crippen LogP contribution in [0.5, 0.6) is 5.75 Å². The summed E-state index contributed by atoms with van der Waals surface area (Å²) in [6.45, 7) is 1.97. The summed E-state index contributed by atoms with van der Waals surface area (Å²) in [7, 11) is 0. The van der Waals surface area contributed by atoms with E-state index in [1.807, 2.05) is 42.5 Å². The zero-order valence-corrected chi connectivity index (χ0v) is 14.0. The number of fused-ring (bicyclic) bond motifs is 1. The summed E-state index contributed by atoms with van der Waals surface area (Å²) < 4.78 is 5.56. The number of amides is 2. The number of nitrogens with one attached hydrogen (secondary N) is 2. The molecule has 128 valence electrons. The van der Waals surface area contributed by atoms with Crippen molar-refractivity contribution in [2.24, 2.45) is 0 Å². The highest BCUT2D eigenvalue weighted by atomic mass is 16.5. The fourth-order valence-electron chi connectivity index (χ4n) is 2.42. The van der Waals surface area contributed by atoms with Crippen molar-refractivity contribution in [3.8, 4) is 5.75 Å². The molecule has 0 spiro atoms.